The lowest BCUT2D eigenvalue weighted by atomic mass is 9.66. The highest BCUT2D eigenvalue weighted by molar-refractivity contribution is 5.62. The number of hydrogen-bond acceptors (Lipinski definition) is 6. The van der Waals surface area contributed by atoms with Crippen molar-refractivity contribution in [3.63, 3.8) is 0 Å². The molecule has 0 bridgehead atoms. The second-order valence-electron chi connectivity index (χ2n) is 9.54. The summed E-state index contributed by atoms with van der Waals surface area (Å²) in [6.45, 7) is 6.07. The van der Waals surface area contributed by atoms with Crippen LogP contribution >= 0.6 is 0 Å². The van der Waals surface area contributed by atoms with E-state index < -0.39 is 17.0 Å². The molecular weight excluding hydrogens is 450 g/mol. The summed E-state index contributed by atoms with van der Waals surface area (Å²) in [6.07, 6.45) is 3.20. The predicted molar refractivity (Wildman–Crippen MR) is 126 cm³/mol. The van der Waals surface area contributed by atoms with Gasteiger partial charge in [-0.1, -0.05) is 26.0 Å². The van der Waals surface area contributed by atoms with Crippen LogP contribution in [0.15, 0.2) is 53.1 Å². The monoisotopic (exact) mass is 476 g/mol. The molecule has 0 unspecified atom stereocenters. The van der Waals surface area contributed by atoms with Crippen LogP contribution in [0.3, 0.4) is 0 Å². The summed E-state index contributed by atoms with van der Waals surface area (Å²) in [7, 11) is 0. The molecule has 3 heterocycles. The average molecular weight is 477 g/mol. The summed E-state index contributed by atoms with van der Waals surface area (Å²) >= 11 is 0. The number of benzene rings is 1. The molecule has 0 spiro atoms. The Bertz CT molecular complexity index is 1370. The van der Waals surface area contributed by atoms with Crippen molar-refractivity contribution in [1.29, 1.82) is 0 Å². The molecule has 1 aliphatic rings. The van der Waals surface area contributed by atoms with Crippen LogP contribution in [-0.2, 0) is 12.0 Å². The zero-order valence-electron chi connectivity index (χ0n) is 19.8. The molecule has 2 atom stereocenters. The highest BCUT2D eigenvalue weighted by Gasteiger charge is 2.42. The van der Waals surface area contributed by atoms with Gasteiger partial charge >= 0.3 is 0 Å². The Hall–Kier alpha value is -3.52. The lowest BCUT2D eigenvalue weighted by Crippen LogP contribution is -2.34. The molecule has 8 heteroatoms. The second kappa shape index (κ2) is 8.92. The first-order valence-electron chi connectivity index (χ1n) is 11.7. The number of aliphatic hydroxyl groups excluding tert-OH is 1. The zero-order valence-corrected chi connectivity index (χ0v) is 19.8. The fourth-order valence-corrected chi connectivity index (χ4v) is 5.02. The van der Waals surface area contributed by atoms with Crippen LogP contribution in [0, 0.1) is 17.6 Å². The van der Waals surface area contributed by atoms with Gasteiger partial charge in [0, 0.05) is 0 Å². The third-order valence-corrected chi connectivity index (χ3v) is 6.98. The molecule has 1 aromatic carbocycles. The van der Waals surface area contributed by atoms with E-state index in [1.807, 2.05) is 18.2 Å². The first kappa shape index (κ1) is 23.2. The maximum atomic E-state index is 14.5. The van der Waals surface area contributed by atoms with E-state index in [1.54, 1.807) is 12.3 Å². The van der Waals surface area contributed by atoms with Gasteiger partial charge in [-0.15, -0.1) is 5.10 Å². The van der Waals surface area contributed by atoms with E-state index in [2.05, 4.69) is 36.0 Å². The number of aromatic nitrogens is 4. The highest BCUT2D eigenvalue weighted by Crippen LogP contribution is 2.48. The molecule has 4 aromatic rings. The van der Waals surface area contributed by atoms with Crippen LogP contribution in [0.4, 0.5) is 8.78 Å². The minimum absolute atomic E-state index is 0.164. The van der Waals surface area contributed by atoms with Gasteiger partial charge in [0.15, 0.2) is 5.76 Å². The molecule has 6 nitrogen and oxygen atoms in total. The Labute approximate surface area is 202 Å². The summed E-state index contributed by atoms with van der Waals surface area (Å²) in [6, 6.07) is 11.2. The van der Waals surface area contributed by atoms with E-state index in [4.69, 9.17) is 9.40 Å². The largest absolute Gasteiger partial charge is 0.437 e. The number of nitrogens with zero attached hydrogens (tertiary/aromatic N) is 4. The summed E-state index contributed by atoms with van der Waals surface area (Å²) in [5.41, 5.74) is 2.56. The third kappa shape index (κ3) is 4.01. The minimum Gasteiger partial charge on any atom is -0.437 e. The van der Waals surface area contributed by atoms with Crippen LogP contribution < -0.4 is 0 Å². The van der Waals surface area contributed by atoms with Gasteiger partial charge in [-0.05, 0) is 67.5 Å². The Morgan fingerprint density at radius 2 is 1.83 bits per heavy atom. The summed E-state index contributed by atoms with van der Waals surface area (Å²) in [4.78, 5) is 8.91. The van der Waals surface area contributed by atoms with Crippen molar-refractivity contribution < 1.29 is 18.3 Å². The summed E-state index contributed by atoms with van der Waals surface area (Å²) in [5, 5.41) is 18.1. The topological polar surface area (TPSA) is 84.9 Å². The van der Waals surface area contributed by atoms with Crippen LogP contribution in [0.2, 0.25) is 0 Å². The molecule has 1 aliphatic carbocycles. The summed E-state index contributed by atoms with van der Waals surface area (Å²) < 4.78 is 34.6. The van der Waals surface area contributed by atoms with Gasteiger partial charge in [0.25, 0.3) is 0 Å². The molecule has 35 heavy (non-hydrogen) atoms. The Balaban J connectivity index is 1.63. The van der Waals surface area contributed by atoms with Crippen molar-refractivity contribution in [2.45, 2.75) is 51.6 Å². The summed E-state index contributed by atoms with van der Waals surface area (Å²) in [5.74, 6) is -0.157. The Kier molecular flexibility index (Phi) is 5.92. The molecule has 0 amide bonds. The van der Waals surface area contributed by atoms with Crippen LogP contribution in [-0.4, -0.2) is 25.3 Å². The number of halogens is 2. The van der Waals surface area contributed by atoms with Gasteiger partial charge in [-0.25, -0.2) is 18.7 Å². The van der Waals surface area contributed by atoms with Crippen LogP contribution in [0.1, 0.15) is 62.4 Å². The molecule has 0 saturated heterocycles. The van der Waals surface area contributed by atoms with Crippen molar-refractivity contribution in [2.75, 3.05) is 0 Å². The van der Waals surface area contributed by atoms with E-state index in [9.17, 15) is 13.9 Å². The molecule has 0 aliphatic heterocycles. The van der Waals surface area contributed by atoms with Crippen molar-refractivity contribution in [3.05, 3.63) is 83.1 Å². The average Bonchev–Trinajstić information content (AvgIpc) is 3.33. The second-order valence-corrected chi connectivity index (χ2v) is 9.54. The van der Waals surface area contributed by atoms with Crippen molar-refractivity contribution in [2.24, 2.45) is 5.92 Å². The lowest BCUT2D eigenvalue weighted by Gasteiger charge is -2.39. The van der Waals surface area contributed by atoms with E-state index in [-0.39, 0.29) is 29.7 Å². The Morgan fingerprint density at radius 3 is 2.51 bits per heavy atom. The van der Waals surface area contributed by atoms with Gasteiger partial charge in [-0.3, -0.25) is 0 Å². The number of oxazole rings is 1. The first-order valence-corrected chi connectivity index (χ1v) is 11.7. The fourth-order valence-electron chi connectivity index (χ4n) is 5.02. The molecule has 0 fully saturated rings. The van der Waals surface area contributed by atoms with Crippen molar-refractivity contribution in [1.82, 2.24) is 20.2 Å². The van der Waals surface area contributed by atoms with Crippen molar-refractivity contribution >= 4 is 0 Å². The predicted octanol–water partition coefficient (Wildman–Crippen LogP) is 5.80. The van der Waals surface area contributed by atoms with Gasteiger partial charge in [-0.2, -0.15) is 5.10 Å². The van der Waals surface area contributed by atoms with Gasteiger partial charge in [0.05, 0.1) is 34.3 Å². The molecule has 5 rings (SSSR count). The van der Waals surface area contributed by atoms with E-state index in [0.717, 1.165) is 29.8 Å². The molecular formula is C27H26F2N4O2. The van der Waals surface area contributed by atoms with E-state index in [1.165, 1.54) is 18.2 Å². The molecule has 3 aromatic heterocycles. The number of pyridine rings is 1. The number of fused-ring (bicyclic) bond motifs is 1. The van der Waals surface area contributed by atoms with E-state index in [0.29, 0.717) is 17.4 Å². The number of aliphatic hydroxyl groups is 1. The maximum Gasteiger partial charge on any atom is 0.220 e. The molecule has 1 N–H and O–H groups in total. The molecule has 0 saturated carbocycles. The molecule has 0 radical (unpaired) electrons. The SMILES string of the molecule is CC(C)[C@H]1CC[C@](C)(c2cccc(-c3cnc(CO)o3)n2)c2nnc(-c3c(F)cccc3F)cc21. The van der Waals surface area contributed by atoms with Crippen LogP contribution in [0.25, 0.3) is 22.7 Å². The van der Waals surface area contributed by atoms with Gasteiger partial charge < -0.3 is 9.52 Å². The minimum atomic E-state index is -0.664. The maximum absolute atomic E-state index is 14.5. The normalized spacial score (nSPS) is 19.7. The zero-order chi connectivity index (χ0) is 24.7. The highest BCUT2D eigenvalue weighted by atomic mass is 19.1. The third-order valence-electron chi connectivity index (χ3n) is 6.98. The first-order chi connectivity index (χ1) is 16.8. The van der Waals surface area contributed by atoms with Crippen LogP contribution in [0.5, 0.6) is 0 Å². The smallest absolute Gasteiger partial charge is 0.220 e. The Morgan fingerprint density at radius 1 is 1.09 bits per heavy atom. The molecule has 180 valence electrons. The van der Waals surface area contributed by atoms with Crippen molar-refractivity contribution in [3.8, 4) is 22.7 Å². The fraction of sp³-hybridized carbons (Fsp3) is 0.333. The van der Waals surface area contributed by atoms with Gasteiger partial charge in [0.1, 0.15) is 23.9 Å². The van der Waals surface area contributed by atoms with Gasteiger partial charge in [0.2, 0.25) is 5.89 Å². The lowest BCUT2D eigenvalue weighted by molar-refractivity contribution is 0.241. The van der Waals surface area contributed by atoms with E-state index >= 15 is 0 Å². The standard InChI is InChI=1S/C27H26F2N4O2/c1-15(2)16-10-11-27(3,23-9-5-8-20(31-23)22-13-30-24(14-34)35-22)26-17(16)12-21(32-33-26)25-18(28)6-4-7-19(25)29/h4-9,12-13,15-16,34H,10-11,14H2,1-3H3/t16-,27-/m1/s1. The quantitative estimate of drug-likeness (QED) is 0.392. The number of rotatable bonds is 5. The number of hydrogen-bond donors (Lipinski definition) is 1.